The normalized spacial score (nSPS) is 36.8. The number of aliphatic hydroxyl groups excluding tert-OH is 11. The zero-order chi connectivity index (χ0) is 52.7. The molecule has 1 aromatic heterocycles. The van der Waals surface area contributed by atoms with Gasteiger partial charge >= 0.3 is 5.97 Å². The molecule has 3 aromatic carbocycles. The quantitative estimate of drug-likeness (QED) is 0.0553. The number of ether oxygens (including phenoxy) is 10. The van der Waals surface area contributed by atoms with Gasteiger partial charge in [0.15, 0.2) is 36.7 Å². The molecule has 0 saturated carbocycles. The van der Waals surface area contributed by atoms with Crippen molar-refractivity contribution < 1.29 is 123 Å². The van der Waals surface area contributed by atoms with Crippen molar-refractivity contribution in [2.75, 3.05) is 20.3 Å². The minimum absolute atomic E-state index is 0.0123. The van der Waals surface area contributed by atoms with Gasteiger partial charge in [0.25, 0.3) is 0 Å². The molecule has 0 unspecified atom stereocenters. The van der Waals surface area contributed by atoms with Crippen LogP contribution in [-0.2, 0) is 33.2 Å². The summed E-state index contributed by atoms with van der Waals surface area (Å²) in [5, 5.41) is 139. The topological polar surface area (TPSA) is 403 Å². The highest BCUT2D eigenvalue weighted by Crippen LogP contribution is 2.40. The Balaban J connectivity index is 1.14. The van der Waals surface area contributed by atoms with Crippen LogP contribution in [0.5, 0.6) is 28.7 Å². The number of aromatic hydroxyl groups is 2. The molecule has 0 radical (unpaired) electrons. The van der Waals surface area contributed by atoms with E-state index in [2.05, 4.69) is 0 Å². The zero-order valence-electron chi connectivity index (χ0n) is 38.9. The summed E-state index contributed by atoms with van der Waals surface area (Å²) >= 11 is 0. The summed E-state index contributed by atoms with van der Waals surface area (Å²) in [5.74, 6) is -3.39. The number of phenolic OH excluding ortho intramolecular Hbond substituents is 2. The average molecular weight is 1040 g/mol. The fourth-order valence-corrected chi connectivity index (χ4v) is 8.68. The molecule has 4 aromatic rings. The van der Waals surface area contributed by atoms with Gasteiger partial charge in [-0.3, -0.25) is 4.79 Å². The number of carbonyl (C=O) groups excluding carboxylic acids is 1. The number of para-hydroxylation sites is 1. The van der Waals surface area contributed by atoms with Gasteiger partial charge in [0, 0.05) is 17.7 Å². The zero-order valence-corrected chi connectivity index (χ0v) is 38.9. The summed E-state index contributed by atoms with van der Waals surface area (Å²) in [7, 11) is 1.33. The second kappa shape index (κ2) is 22.2. The van der Waals surface area contributed by atoms with Crippen molar-refractivity contribution in [2.45, 2.75) is 137 Å². The number of carbonyl (C=O) groups is 1. The minimum Gasteiger partial charge on any atom is -0.508 e. The summed E-state index contributed by atoms with van der Waals surface area (Å²) in [6.45, 7) is 1.14. The summed E-state index contributed by atoms with van der Waals surface area (Å²) in [5.41, 5.74) is -1.54. The van der Waals surface area contributed by atoms with Crippen molar-refractivity contribution in [1.29, 1.82) is 0 Å². The number of hydrogen-bond donors (Lipinski definition) is 13. The van der Waals surface area contributed by atoms with Gasteiger partial charge in [-0.05, 0) is 50.2 Å². The first-order valence-electron chi connectivity index (χ1n) is 22.8. The first-order chi connectivity index (χ1) is 34.7. The van der Waals surface area contributed by atoms with E-state index in [4.69, 9.17) is 51.8 Å². The maximum atomic E-state index is 14.8. The van der Waals surface area contributed by atoms with Crippen LogP contribution in [0.4, 0.5) is 0 Å². The lowest BCUT2D eigenvalue weighted by Gasteiger charge is -2.46. The van der Waals surface area contributed by atoms with E-state index >= 15 is 0 Å². The van der Waals surface area contributed by atoms with Crippen LogP contribution in [0.1, 0.15) is 24.2 Å². The molecule has 8 rings (SSSR count). The Kier molecular flexibility index (Phi) is 16.4. The van der Waals surface area contributed by atoms with Gasteiger partial charge in [0.05, 0.1) is 32.5 Å². The Hall–Kier alpha value is -5.34. The van der Waals surface area contributed by atoms with Crippen LogP contribution in [0.3, 0.4) is 0 Å². The molecule has 73 heavy (non-hydrogen) atoms. The molecule has 4 aliphatic heterocycles. The Bertz CT molecular complexity index is 2590. The highest BCUT2D eigenvalue weighted by atomic mass is 16.8. The molecular weight excluding hydrogens is 980 g/mol. The van der Waals surface area contributed by atoms with Gasteiger partial charge in [-0.25, -0.2) is 4.79 Å². The van der Waals surface area contributed by atoms with Crippen molar-refractivity contribution in [1.82, 2.24) is 0 Å². The number of benzene rings is 3. The number of rotatable bonds is 14. The second-order valence-electron chi connectivity index (χ2n) is 17.8. The first-order valence-corrected chi connectivity index (χ1v) is 22.8. The van der Waals surface area contributed by atoms with Gasteiger partial charge in [-0.1, -0.05) is 12.1 Å². The van der Waals surface area contributed by atoms with Crippen molar-refractivity contribution in [3.63, 3.8) is 0 Å². The Labute approximate surface area is 412 Å². The number of hydrogen-bond acceptors (Lipinski definition) is 26. The van der Waals surface area contributed by atoms with E-state index in [1.54, 1.807) is 12.1 Å². The van der Waals surface area contributed by atoms with Crippen molar-refractivity contribution in [3.05, 3.63) is 76.5 Å². The van der Waals surface area contributed by atoms with Crippen LogP contribution in [0.25, 0.3) is 22.3 Å². The van der Waals surface area contributed by atoms with Gasteiger partial charge in [-0.2, -0.15) is 0 Å². The lowest BCUT2D eigenvalue weighted by Crippen LogP contribution is -2.65. The largest absolute Gasteiger partial charge is 0.508 e. The third-order valence-corrected chi connectivity index (χ3v) is 12.9. The maximum absolute atomic E-state index is 14.8. The van der Waals surface area contributed by atoms with Crippen molar-refractivity contribution in [3.8, 4) is 40.1 Å². The van der Waals surface area contributed by atoms with E-state index < -0.39 is 176 Å². The Morgan fingerprint density at radius 2 is 1.26 bits per heavy atom. The monoisotopic (exact) mass is 1040 g/mol. The molecule has 20 atom stereocenters. The molecule has 4 aliphatic rings. The summed E-state index contributed by atoms with van der Waals surface area (Å²) in [6, 6.07) is 13.1. The number of methoxy groups -OCH3 is 1. The van der Waals surface area contributed by atoms with E-state index in [-0.39, 0.29) is 28.4 Å². The predicted molar refractivity (Wildman–Crippen MR) is 239 cm³/mol. The molecule has 0 amide bonds. The summed E-state index contributed by atoms with van der Waals surface area (Å²) in [6.07, 6.45) is -35.0. The lowest BCUT2D eigenvalue weighted by molar-refractivity contribution is -0.362. The molecule has 400 valence electrons. The number of fused-ring (bicyclic) bond motifs is 1. The molecule has 0 spiro atoms. The van der Waals surface area contributed by atoms with E-state index in [1.165, 1.54) is 57.4 Å². The third-order valence-electron chi connectivity index (χ3n) is 12.9. The Morgan fingerprint density at radius 1 is 0.630 bits per heavy atom. The fourth-order valence-electron chi connectivity index (χ4n) is 8.68. The Morgan fingerprint density at radius 3 is 1.96 bits per heavy atom. The second-order valence-corrected chi connectivity index (χ2v) is 17.8. The molecule has 4 saturated heterocycles. The van der Waals surface area contributed by atoms with Gasteiger partial charge in [0.1, 0.15) is 107 Å². The van der Waals surface area contributed by atoms with Gasteiger partial charge in [-0.15, -0.1) is 0 Å². The van der Waals surface area contributed by atoms with E-state index in [1.807, 2.05) is 0 Å². The molecule has 26 nitrogen and oxygen atoms in total. The van der Waals surface area contributed by atoms with Crippen LogP contribution in [0.2, 0.25) is 0 Å². The molecular formula is C47H56O26. The number of esters is 1. The SMILES string of the molecule is COc1ccccc1C(=O)O[C@@H]1[C@@H](O)[C@H](C)O[C@@H](Oc2cc(O)c3c(=O)c(O[C@@H]4O[C@H](CO[C@@H]5O[C@@H](C)[C@H](O)[C@@H](O)[C@H]5O)[C@H](O)[C@H](O)[C@H]4O[C@@H]4O[C@H](CO)[C@@H](O)[C@H](O)[C@H]4O)c(-c4ccc(O)cc4)oc3c2)[C@@H]1O. The fraction of sp³-hybridized carbons (Fsp3) is 0.532. The van der Waals surface area contributed by atoms with Crippen LogP contribution < -0.4 is 19.6 Å². The molecule has 0 aliphatic carbocycles. The minimum atomic E-state index is -2.15. The highest BCUT2D eigenvalue weighted by Gasteiger charge is 2.53. The average Bonchev–Trinajstić information content (AvgIpc) is 3.37. The van der Waals surface area contributed by atoms with E-state index in [9.17, 15) is 76.0 Å². The van der Waals surface area contributed by atoms with Gasteiger partial charge < -0.3 is 118 Å². The third kappa shape index (κ3) is 10.8. The van der Waals surface area contributed by atoms with Crippen LogP contribution in [0.15, 0.2) is 69.9 Å². The van der Waals surface area contributed by atoms with E-state index in [0.717, 1.165) is 12.1 Å². The predicted octanol–water partition coefficient (Wildman–Crippen LogP) is -3.19. The number of aliphatic hydroxyl groups is 11. The highest BCUT2D eigenvalue weighted by molar-refractivity contribution is 5.92. The molecule has 4 fully saturated rings. The van der Waals surface area contributed by atoms with E-state index in [0.29, 0.717) is 0 Å². The van der Waals surface area contributed by atoms with Crippen molar-refractivity contribution >= 4 is 16.9 Å². The van der Waals surface area contributed by atoms with Crippen LogP contribution in [-0.4, -0.2) is 216 Å². The summed E-state index contributed by atoms with van der Waals surface area (Å²) in [4.78, 5) is 28.0. The number of phenols is 2. The molecule has 5 heterocycles. The summed E-state index contributed by atoms with van der Waals surface area (Å²) < 4.78 is 63.3. The molecule has 26 heteroatoms. The molecule has 13 N–H and O–H groups in total. The maximum Gasteiger partial charge on any atom is 0.342 e. The molecule has 0 bridgehead atoms. The van der Waals surface area contributed by atoms with Gasteiger partial charge in [0.2, 0.25) is 23.8 Å². The smallest absolute Gasteiger partial charge is 0.342 e. The van der Waals surface area contributed by atoms with Crippen LogP contribution in [0, 0.1) is 0 Å². The standard InChI is InChI=1S/C47H56O26/c1-16-28(51)33(56)36(59)44(65-16)64-15-26-31(54)35(58)42(73-45-37(60)34(57)30(53)25(14-48)69-45)47(70-26)72-41-32(55)27-22(50)12-20(13-24(27)68-39(41)18-8-10-19(49)11-9-18)67-46-38(61)40(29(52)17(2)66-46)71-43(62)21-6-4-5-7-23(21)63-3/h4-13,16-17,25-26,28-31,33-38,40,42,44-54,56-61H,14-15H2,1-3H3/t16-,17-,25+,26+,28-,29-,30+,31-,33+,34-,35-,36+,37+,38+,40+,42+,44+,45-,46-,47-/m0/s1. The first kappa shape index (κ1) is 53.9. The lowest BCUT2D eigenvalue weighted by atomic mass is 9.97. The van der Waals surface area contributed by atoms with Crippen LogP contribution >= 0.6 is 0 Å². The van der Waals surface area contributed by atoms with Crippen molar-refractivity contribution in [2.24, 2.45) is 0 Å².